The summed E-state index contributed by atoms with van der Waals surface area (Å²) in [6, 6.07) is 1.61. The highest BCUT2D eigenvalue weighted by Gasteiger charge is 2.91. The summed E-state index contributed by atoms with van der Waals surface area (Å²) in [5.41, 5.74) is 0.373. The Morgan fingerprint density at radius 3 is 1.83 bits per heavy atom. The van der Waals surface area contributed by atoms with E-state index in [1.807, 2.05) is 0 Å². The first kappa shape index (κ1) is 6.88. The van der Waals surface area contributed by atoms with Gasteiger partial charge in [0.15, 0.2) is 0 Å². The number of hydrogen-bond acceptors (Lipinski definition) is 3. The van der Waals surface area contributed by atoms with E-state index >= 15 is 0 Å². The Hall–Kier alpha value is -0.590. The predicted molar refractivity (Wildman–Crippen MR) is 39.6 cm³/mol. The highest BCUT2D eigenvalue weighted by Crippen LogP contribution is 2.93. The van der Waals surface area contributed by atoms with Gasteiger partial charge in [-0.2, -0.15) is 5.26 Å². The van der Waals surface area contributed by atoms with E-state index in [0.717, 1.165) is 25.7 Å². The molecule has 3 saturated carbocycles. The zero-order valence-corrected chi connectivity index (χ0v) is 6.75. The fourth-order valence-electron chi connectivity index (χ4n) is 3.42. The number of fused-ring (bicyclic) bond motifs is 1. The second kappa shape index (κ2) is 1.43. The smallest absolute Gasteiger partial charge is 0.258 e. The van der Waals surface area contributed by atoms with Crippen LogP contribution in [0.15, 0.2) is 0 Å². The largest absolute Gasteiger partial charge is 0.354 e. The first-order valence-electron chi connectivity index (χ1n) is 4.45. The number of rotatable bonds is 1. The Kier molecular flexibility index (Phi) is 0.818. The normalized spacial score (nSPS) is 37.9. The molecule has 0 saturated heterocycles. The first-order chi connectivity index (χ1) is 5.59. The van der Waals surface area contributed by atoms with Crippen LogP contribution in [-0.2, 0) is 0 Å². The summed E-state index contributed by atoms with van der Waals surface area (Å²) < 4.78 is 0. The standard InChI is InChI=1S/C9H11NO2/c10-5-9(11,12)6-7(1-2-7)8(6)3-4-8/h6,11-12H,1-4H2. The highest BCUT2D eigenvalue weighted by atomic mass is 16.5. The van der Waals surface area contributed by atoms with E-state index in [1.54, 1.807) is 6.07 Å². The minimum absolute atomic E-state index is 0.137. The Bertz CT molecular complexity index is 276. The molecule has 0 unspecified atom stereocenters. The van der Waals surface area contributed by atoms with Crippen molar-refractivity contribution in [3.8, 4) is 6.07 Å². The molecule has 0 atom stereocenters. The maximum absolute atomic E-state index is 9.41. The minimum atomic E-state index is -2.05. The van der Waals surface area contributed by atoms with Crippen LogP contribution in [0, 0.1) is 28.1 Å². The molecular weight excluding hydrogens is 154 g/mol. The van der Waals surface area contributed by atoms with Crippen molar-refractivity contribution in [3.05, 3.63) is 0 Å². The van der Waals surface area contributed by atoms with Gasteiger partial charge in [0.05, 0.1) is 0 Å². The molecule has 0 aromatic heterocycles. The van der Waals surface area contributed by atoms with E-state index in [9.17, 15) is 10.2 Å². The molecule has 3 fully saturated rings. The summed E-state index contributed by atoms with van der Waals surface area (Å²) in [5, 5.41) is 27.4. The summed E-state index contributed by atoms with van der Waals surface area (Å²) in [6.07, 6.45) is 4.40. The average molecular weight is 165 g/mol. The van der Waals surface area contributed by atoms with Gasteiger partial charge in [0.1, 0.15) is 6.07 Å². The zero-order chi connectivity index (χ0) is 8.61. The van der Waals surface area contributed by atoms with E-state index in [2.05, 4.69) is 0 Å². The maximum Gasteiger partial charge on any atom is 0.258 e. The van der Waals surface area contributed by atoms with Gasteiger partial charge < -0.3 is 10.2 Å². The van der Waals surface area contributed by atoms with Crippen LogP contribution in [0.1, 0.15) is 25.7 Å². The number of hydrogen-bond donors (Lipinski definition) is 2. The Balaban J connectivity index is 1.94. The van der Waals surface area contributed by atoms with Gasteiger partial charge in [-0.05, 0) is 36.5 Å². The third-order valence-electron chi connectivity index (χ3n) is 4.16. The Morgan fingerprint density at radius 1 is 1.17 bits per heavy atom. The van der Waals surface area contributed by atoms with Gasteiger partial charge in [-0.1, -0.05) is 0 Å². The minimum Gasteiger partial charge on any atom is -0.354 e. The second-order valence-electron chi connectivity index (χ2n) is 4.58. The van der Waals surface area contributed by atoms with E-state index < -0.39 is 5.79 Å². The van der Waals surface area contributed by atoms with Gasteiger partial charge in [0, 0.05) is 5.92 Å². The van der Waals surface area contributed by atoms with Gasteiger partial charge in [-0.15, -0.1) is 0 Å². The molecule has 3 aliphatic rings. The van der Waals surface area contributed by atoms with Crippen LogP contribution in [0.4, 0.5) is 0 Å². The number of nitriles is 1. The lowest BCUT2D eigenvalue weighted by Crippen LogP contribution is -2.30. The average Bonchev–Trinajstić information content (AvgIpc) is 2.83. The van der Waals surface area contributed by atoms with Crippen molar-refractivity contribution >= 4 is 0 Å². The van der Waals surface area contributed by atoms with Crippen molar-refractivity contribution in [1.29, 1.82) is 5.26 Å². The van der Waals surface area contributed by atoms with Crippen LogP contribution < -0.4 is 0 Å². The molecule has 0 radical (unpaired) electrons. The molecule has 2 N–H and O–H groups in total. The molecule has 2 spiro atoms. The Labute approximate surface area is 70.6 Å². The highest BCUT2D eigenvalue weighted by molar-refractivity contribution is 5.38. The van der Waals surface area contributed by atoms with E-state index in [1.165, 1.54) is 0 Å². The monoisotopic (exact) mass is 165 g/mol. The number of aliphatic hydroxyl groups is 2. The lowest BCUT2D eigenvalue weighted by Gasteiger charge is -2.11. The van der Waals surface area contributed by atoms with Gasteiger partial charge in [-0.3, -0.25) is 0 Å². The molecule has 0 aliphatic heterocycles. The van der Waals surface area contributed by atoms with Crippen molar-refractivity contribution in [2.45, 2.75) is 31.5 Å². The van der Waals surface area contributed by atoms with Gasteiger partial charge >= 0.3 is 0 Å². The van der Waals surface area contributed by atoms with Crippen LogP contribution in [0.2, 0.25) is 0 Å². The van der Waals surface area contributed by atoms with Crippen molar-refractivity contribution in [2.75, 3.05) is 0 Å². The zero-order valence-electron chi connectivity index (χ0n) is 6.75. The van der Waals surface area contributed by atoms with E-state index in [-0.39, 0.29) is 16.7 Å². The van der Waals surface area contributed by atoms with Crippen LogP contribution in [0.25, 0.3) is 0 Å². The number of nitrogens with zero attached hydrogens (tertiary/aromatic N) is 1. The fraction of sp³-hybridized carbons (Fsp3) is 0.889. The van der Waals surface area contributed by atoms with Crippen LogP contribution in [-0.4, -0.2) is 16.0 Å². The second-order valence-corrected chi connectivity index (χ2v) is 4.58. The first-order valence-corrected chi connectivity index (χ1v) is 4.45. The predicted octanol–water partition coefficient (Wildman–Crippen LogP) is 0.381. The van der Waals surface area contributed by atoms with Gasteiger partial charge in [-0.25, -0.2) is 0 Å². The molecule has 0 amide bonds. The summed E-state index contributed by atoms with van der Waals surface area (Å²) in [7, 11) is 0. The fourth-order valence-corrected chi connectivity index (χ4v) is 3.42. The summed E-state index contributed by atoms with van der Waals surface area (Å²) in [4.78, 5) is 0. The summed E-state index contributed by atoms with van der Waals surface area (Å²) >= 11 is 0. The van der Waals surface area contributed by atoms with Crippen LogP contribution in [0.5, 0.6) is 0 Å². The molecule has 0 bridgehead atoms. The van der Waals surface area contributed by atoms with Gasteiger partial charge in [0.2, 0.25) is 0 Å². The molecule has 0 heterocycles. The van der Waals surface area contributed by atoms with Crippen LogP contribution in [0.3, 0.4) is 0 Å². The van der Waals surface area contributed by atoms with Crippen molar-refractivity contribution in [2.24, 2.45) is 16.7 Å². The third-order valence-corrected chi connectivity index (χ3v) is 4.16. The molecule has 3 rings (SSSR count). The van der Waals surface area contributed by atoms with Crippen molar-refractivity contribution in [1.82, 2.24) is 0 Å². The molecule has 3 aliphatic carbocycles. The van der Waals surface area contributed by atoms with E-state index in [4.69, 9.17) is 5.26 Å². The van der Waals surface area contributed by atoms with Crippen LogP contribution >= 0.6 is 0 Å². The van der Waals surface area contributed by atoms with Gasteiger partial charge in [0.25, 0.3) is 5.79 Å². The van der Waals surface area contributed by atoms with E-state index in [0.29, 0.717) is 0 Å². The third kappa shape index (κ3) is 0.476. The molecule has 0 aromatic carbocycles. The lowest BCUT2D eigenvalue weighted by atomic mass is 10.1. The molecule has 3 heteroatoms. The molecule has 3 nitrogen and oxygen atoms in total. The summed E-state index contributed by atoms with van der Waals surface area (Å²) in [5.74, 6) is -2.19. The lowest BCUT2D eigenvalue weighted by molar-refractivity contribution is -0.135. The SMILES string of the molecule is N#CC(O)(O)C1C2(CC2)C12CC2. The molecular formula is C9H11NO2. The van der Waals surface area contributed by atoms with Crippen molar-refractivity contribution in [3.63, 3.8) is 0 Å². The van der Waals surface area contributed by atoms with Crippen molar-refractivity contribution < 1.29 is 10.2 Å². The molecule has 64 valence electrons. The topological polar surface area (TPSA) is 64.2 Å². The maximum atomic E-state index is 9.41. The molecule has 12 heavy (non-hydrogen) atoms. The molecule has 0 aromatic rings. The Morgan fingerprint density at radius 2 is 1.58 bits per heavy atom. The summed E-state index contributed by atoms with van der Waals surface area (Å²) in [6.45, 7) is 0. The quantitative estimate of drug-likeness (QED) is 0.436.